The molecule has 0 saturated heterocycles. The summed E-state index contributed by atoms with van der Waals surface area (Å²) in [6.07, 6.45) is 9.23. The molecule has 0 aliphatic heterocycles. The molecule has 0 spiro atoms. The van der Waals surface area contributed by atoms with Crippen LogP contribution in [0, 0.1) is 24.7 Å². The summed E-state index contributed by atoms with van der Waals surface area (Å²) in [5.41, 5.74) is 1.28. The summed E-state index contributed by atoms with van der Waals surface area (Å²) >= 11 is 0. The number of terminal acetylenes is 2. The second kappa shape index (κ2) is 5.98. The van der Waals surface area contributed by atoms with E-state index < -0.39 is 12.2 Å². The lowest BCUT2D eigenvalue weighted by molar-refractivity contribution is 0.160. The average Bonchev–Trinajstić information content (AvgIpc) is 2.30. The molecule has 2 heteroatoms. The predicted octanol–water partition coefficient (Wildman–Crippen LogP) is 1.80. The van der Waals surface area contributed by atoms with E-state index in [1.165, 1.54) is 0 Å². The molecule has 0 aliphatic rings. The van der Waals surface area contributed by atoms with Crippen LogP contribution in [-0.2, 0) is 0 Å². The van der Waals surface area contributed by atoms with Crippen LogP contribution in [0.4, 0.5) is 0 Å². The average molecular weight is 214 g/mol. The second-order valence-corrected chi connectivity index (χ2v) is 3.48. The Morgan fingerprint density at radius 3 is 1.62 bits per heavy atom. The van der Waals surface area contributed by atoms with Gasteiger partial charge in [0.2, 0.25) is 0 Å². The van der Waals surface area contributed by atoms with Gasteiger partial charge in [-0.1, -0.05) is 24.3 Å². The van der Waals surface area contributed by atoms with E-state index in [0.29, 0.717) is 11.1 Å². The van der Waals surface area contributed by atoms with Gasteiger partial charge in [-0.05, 0) is 11.1 Å². The van der Waals surface area contributed by atoms with Gasteiger partial charge in [0.05, 0.1) is 12.2 Å². The van der Waals surface area contributed by atoms with Gasteiger partial charge in [-0.2, -0.15) is 0 Å². The van der Waals surface area contributed by atoms with Gasteiger partial charge >= 0.3 is 0 Å². The van der Waals surface area contributed by atoms with Crippen LogP contribution in [0.1, 0.15) is 36.2 Å². The standard InChI is InChI=1S/C14H14O2/c1-3-7-13(15)11-9-5-6-10-12(11)14(16)8-4-2/h1-2,5-6,9-10,13-16H,7-8H2/t13-,14-/m0/s1. The van der Waals surface area contributed by atoms with Gasteiger partial charge in [0.1, 0.15) is 0 Å². The van der Waals surface area contributed by atoms with Gasteiger partial charge < -0.3 is 10.2 Å². The lowest BCUT2D eigenvalue weighted by Crippen LogP contribution is -2.05. The van der Waals surface area contributed by atoms with Crippen LogP contribution >= 0.6 is 0 Å². The molecule has 2 nitrogen and oxygen atoms in total. The van der Waals surface area contributed by atoms with E-state index in [2.05, 4.69) is 11.8 Å². The normalized spacial score (nSPS) is 13.5. The highest BCUT2D eigenvalue weighted by atomic mass is 16.3. The van der Waals surface area contributed by atoms with E-state index in [4.69, 9.17) is 12.8 Å². The minimum absolute atomic E-state index is 0.222. The van der Waals surface area contributed by atoms with Crippen molar-refractivity contribution in [1.29, 1.82) is 0 Å². The number of rotatable bonds is 4. The van der Waals surface area contributed by atoms with Crippen molar-refractivity contribution in [1.82, 2.24) is 0 Å². The highest BCUT2D eigenvalue weighted by Gasteiger charge is 2.15. The summed E-state index contributed by atoms with van der Waals surface area (Å²) in [5, 5.41) is 19.6. The zero-order chi connectivity index (χ0) is 12.0. The summed E-state index contributed by atoms with van der Waals surface area (Å²) < 4.78 is 0. The Hall–Kier alpha value is -1.74. The molecule has 2 N–H and O–H groups in total. The molecule has 16 heavy (non-hydrogen) atoms. The largest absolute Gasteiger partial charge is 0.387 e. The fraction of sp³-hybridized carbons (Fsp3) is 0.286. The van der Waals surface area contributed by atoms with Crippen LogP contribution in [0.2, 0.25) is 0 Å². The van der Waals surface area contributed by atoms with Crippen LogP contribution in [0.3, 0.4) is 0 Å². The highest BCUT2D eigenvalue weighted by Crippen LogP contribution is 2.27. The van der Waals surface area contributed by atoms with Crippen molar-refractivity contribution in [3.8, 4) is 24.7 Å². The van der Waals surface area contributed by atoms with Gasteiger partial charge in [-0.3, -0.25) is 0 Å². The van der Waals surface area contributed by atoms with Gasteiger partial charge in [0.25, 0.3) is 0 Å². The van der Waals surface area contributed by atoms with E-state index >= 15 is 0 Å². The first-order valence-corrected chi connectivity index (χ1v) is 5.02. The second-order valence-electron chi connectivity index (χ2n) is 3.48. The van der Waals surface area contributed by atoms with Gasteiger partial charge in [0.15, 0.2) is 0 Å². The fourth-order valence-corrected chi connectivity index (χ4v) is 1.56. The summed E-state index contributed by atoms with van der Waals surface area (Å²) in [5.74, 6) is 4.78. The molecule has 0 aliphatic carbocycles. The first-order chi connectivity index (χ1) is 7.70. The summed E-state index contributed by atoms with van der Waals surface area (Å²) in [6, 6.07) is 7.08. The maximum Gasteiger partial charge on any atom is 0.0902 e. The molecule has 1 rings (SSSR count). The summed E-state index contributed by atoms with van der Waals surface area (Å²) in [4.78, 5) is 0. The third-order valence-corrected chi connectivity index (χ3v) is 2.34. The maximum atomic E-state index is 9.81. The van der Waals surface area contributed by atoms with Crippen LogP contribution < -0.4 is 0 Å². The maximum absolute atomic E-state index is 9.81. The minimum Gasteiger partial charge on any atom is -0.387 e. The van der Waals surface area contributed by atoms with Crippen molar-refractivity contribution in [3.63, 3.8) is 0 Å². The van der Waals surface area contributed by atoms with Crippen molar-refractivity contribution in [2.24, 2.45) is 0 Å². The van der Waals surface area contributed by atoms with Crippen LogP contribution in [0.15, 0.2) is 24.3 Å². The molecule has 2 atom stereocenters. The quantitative estimate of drug-likeness (QED) is 0.750. The molecule has 0 saturated carbocycles. The van der Waals surface area contributed by atoms with Crippen molar-refractivity contribution in [3.05, 3.63) is 35.4 Å². The topological polar surface area (TPSA) is 40.5 Å². The molecule has 0 unspecified atom stereocenters. The Balaban J connectivity index is 3.01. The third-order valence-electron chi connectivity index (χ3n) is 2.34. The molecule has 0 heterocycles. The Morgan fingerprint density at radius 1 is 0.938 bits per heavy atom. The number of hydrogen-bond acceptors (Lipinski definition) is 2. The van der Waals surface area contributed by atoms with Crippen LogP contribution in [0.25, 0.3) is 0 Å². The zero-order valence-corrected chi connectivity index (χ0v) is 8.93. The van der Waals surface area contributed by atoms with E-state index in [1.807, 2.05) is 0 Å². The number of benzene rings is 1. The third kappa shape index (κ3) is 2.87. The van der Waals surface area contributed by atoms with E-state index in [9.17, 15) is 10.2 Å². The van der Waals surface area contributed by atoms with Gasteiger partial charge in [-0.15, -0.1) is 24.7 Å². The molecule has 0 aromatic heterocycles. The number of aliphatic hydroxyl groups excluding tert-OH is 2. The molecule has 1 aromatic rings. The predicted molar refractivity (Wildman–Crippen MR) is 63.3 cm³/mol. The van der Waals surface area contributed by atoms with E-state index in [0.717, 1.165) is 0 Å². The van der Waals surface area contributed by atoms with E-state index in [-0.39, 0.29) is 12.8 Å². The Labute approximate surface area is 95.9 Å². The van der Waals surface area contributed by atoms with Crippen molar-refractivity contribution in [2.75, 3.05) is 0 Å². The summed E-state index contributed by atoms with van der Waals surface area (Å²) in [7, 11) is 0. The van der Waals surface area contributed by atoms with Crippen molar-refractivity contribution < 1.29 is 10.2 Å². The Bertz CT molecular complexity index is 382. The van der Waals surface area contributed by atoms with Gasteiger partial charge in [-0.25, -0.2) is 0 Å². The molecule has 0 radical (unpaired) electrons. The molecule has 0 fully saturated rings. The molecule has 1 aromatic carbocycles. The first kappa shape index (κ1) is 12.3. The molecular formula is C14H14O2. The minimum atomic E-state index is -0.756. The smallest absolute Gasteiger partial charge is 0.0902 e. The van der Waals surface area contributed by atoms with Gasteiger partial charge in [0, 0.05) is 12.8 Å². The Kier molecular flexibility index (Phi) is 4.61. The molecular weight excluding hydrogens is 200 g/mol. The Morgan fingerprint density at radius 2 is 1.31 bits per heavy atom. The number of aliphatic hydroxyl groups is 2. The molecule has 0 bridgehead atoms. The summed E-state index contributed by atoms with van der Waals surface area (Å²) in [6.45, 7) is 0. The van der Waals surface area contributed by atoms with Crippen molar-refractivity contribution >= 4 is 0 Å². The SMILES string of the molecule is C#CC[C@H](O)c1ccccc1[C@@H](O)CC#C. The lowest BCUT2D eigenvalue weighted by atomic mass is 9.95. The fourth-order valence-electron chi connectivity index (χ4n) is 1.56. The molecule has 0 amide bonds. The van der Waals surface area contributed by atoms with E-state index in [1.54, 1.807) is 24.3 Å². The van der Waals surface area contributed by atoms with Crippen LogP contribution in [0.5, 0.6) is 0 Å². The lowest BCUT2D eigenvalue weighted by Gasteiger charge is -2.16. The zero-order valence-electron chi connectivity index (χ0n) is 8.93. The number of hydrogen-bond donors (Lipinski definition) is 2. The monoisotopic (exact) mass is 214 g/mol. The first-order valence-electron chi connectivity index (χ1n) is 5.02. The van der Waals surface area contributed by atoms with Crippen LogP contribution in [-0.4, -0.2) is 10.2 Å². The van der Waals surface area contributed by atoms with Crippen molar-refractivity contribution in [2.45, 2.75) is 25.0 Å². The highest BCUT2D eigenvalue weighted by molar-refractivity contribution is 5.32. The molecule has 82 valence electrons.